The molecule has 0 aliphatic heterocycles. The van der Waals surface area contributed by atoms with Crippen molar-refractivity contribution >= 4 is 34.4 Å². The molecular formula is C31H37N3O4. The molecule has 3 amide bonds. The number of fused-ring (bicyclic) bond motifs is 1. The van der Waals surface area contributed by atoms with Crippen LogP contribution in [-0.4, -0.2) is 41.0 Å². The summed E-state index contributed by atoms with van der Waals surface area (Å²) in [6, 6.07) is 18.8. The number of alkyl carbamates (subject to hydrolysis) is 1. The van der Waals surface area contributed by atoms with E-state index < -0.39 is 17.7 Å². The van der Waals surface area contributed by atoms with E-state index in [0.29, 0.717) is 5.69 Å². The van der Waals surface area contributed by atoms with Gasteiger partial charge >= 0.3 is 6.09 Å². The van der Waals surface area contributed by atoms with Gasteiger partial charge in [0.05, 0.1) is 0 Å². The van der Waals surface area contributed by atoms with Gasteiger partial charge < -0.3 is 20.3 Å². The second-order valence-corrected chi connectivity index (χ2v) is 11.1. The van der Waals surface area contributed by atoms with Gasteiger partial charge in [-0.25, -0.2) is 4.79 Å². The Morgan fingerprint density at radius 3 is 2.21 bits per heavy atom. The van der Waals surface area contributed by atoms with Crippen LogP contribution in [0.1, 0.15) is 62.8 Å². The molecule has 0 aromatic heterocycles. The minimum absolute atomic E-state index is 0.0869. The molecule has 1 aliphatic carbocycles. The lowest BCUT2D eigenvalue weighted by Crippen LogP contribution is -2.53. The molecule has 1 saturated carbocycles. The van der Waals surface area contributed by atoms with Crippen LogP contribution in [0.4, 0.5) is 10.5 Å². The first kappa shape index (κ1) is 27.2. The molecule has 4 rings (SSSR count). The number of amides is 3. The molecule has 38 heavy (non-hydrogen) atoms. The van der Waals surface area contributed by atoms with Crippen molar-refractivity contribution in [2.75, 3.05) is 11.9 Å². The van der Waals surface area contributed by atoms with E-state index >= 15 is 0 Å². The summed E-state index contributed by atoms with van der Waals surface area (Å²) >= 11 is 0. The van der Waals surface area contributed by atoms with Crippen LogP contribution in [0, 0.1) is 13.8 Å². The summed E-state index contributed by atoms with van der Waals surface area (Å²) in [6.07, 6.45) is 1.94. The van der Waals surface area contributed by atoms with Gasteiger partial charge in [0.25, 0.3) is 5.91 Å². The number of carbonyl (C=O) groups excluding carboxylic acids is 3. The fourth-order valence-electron chi connectivity index (χ4n) is 4.86. The van der Waals surface area contributed by atoms with E-state index in [4.69, 9.17) is 4.74 Å². The average Bonchev–Trinajstić information content (AvgIpc) is 2.79. The molecule has 0 saturated heterocycles. The number of ether oxygens (including phenoxy) is 1. The van der Waals surface area contributed by atoms with Gasteiger partial charge in [0.1, 0.15) is 18.2 Å². The number of hydrogen-bond acceptors (Lipinski definition) is 4. The molecule has 3 aromatic carbocycles. The van der Waals surface area contributed by atoms with Crippen LogP contribution in [-0.2, 0) is 14.3 Å². The van der Waals surface area contributed by atoms with Crippen LogP contribution in [0.2, 0.25) is 0 Å². The van der Waals surface area contributed by atoms with Gasteiger partial charge in [-0.05, 0) is 82.3 Å². The van der Waals surface area contributed by atoms with E-state index in [9.17, 15) is 14.4 Å². The van der Waals surface area contributed by atoms with Gasteiger partial charge in [-0.1, -0.05) is 59.7 Å². The third kappa shape index (κ3) is 6.71. The van der Waals surface area contributed by atoms with Crippen molar-refractivity contribution in [1.29, 1.82) is 0 Å². The standard InChI is InChI=1S/C31H37N3O4/c1-20-15-21(2)17-24(16-20)28(29(36)33-25-14-13-22-9-6-7-10-23(22)18-25)34(26-11-8-12-26)27(35)19-32-30(37)38-31(3,4)5/h6-7,9-10,13-18,26,28H,8,11-12,19H2,1-5H3,(H,32,37)(H,33,36). The van der Waals surface area contributed by atoms with Crippen LogP contribution in [0.5, 0.6) is 0 Å². The Morgan fingerprint density at radius 2 is 1.61 bits per heavy atom. The van der Waals surface area contributed by atoms with E-state index in [0.717, 1.165) is 46.7 Å². The average molecular weight is 516 g/mol. The highest BCUT2D eigenvalue weighted by atomic mass is 16.6. The maximum absolute atomic E-state index is 14.0. The van der Waals surface area contributed by atoms with E-state index in [1.165, 1.54) is 0 Å². The molecule has 2 N–H and O–H groups in total. The number of hydrogen-bond donors (Lipinski definition) is 2. The number of carbonyl (C=O) groups is 3. The number of aryl methyl sites for hydroxylation is 2. The van der Waals surface area contributed by atoms with E-state index in [1.807, 2.05) is 74.5 Å². The quantitative estimate of drug-likeness (QED) is 0.401. The monoisotopic (exact) mass is 515 g/mol. The summed E-state index contributed by atoms with van der Waals surface area (Å²) in [7, 11) is 0. The molecule has 7 nitrogen and oxygen atoms in total. The van der Waals surface area contributed by atoms with Crippen molar-refractivity contribution in [1.82, 2.24) is 10.2 Å². The molecule has 0 radical (unpaired) electrons. The molecule has 7 heteroatoms. The third-order valence-corrected chi connectivity index (χ3v) is 6.64. The Bertz CT molecular complexity index is 1320. The van der Waals surface area contributed by atoms with Crippen molar-refractivity contribution in [3.8, 4) is 0 Å². The van der Waals surface area contributed by atoms with Gasteiger partial charge in [0, 0.05) is 11.7 Å². The molecule has 1 atom stereocenters. The normalized spacial score (nSPS) is 14.3. The van der Waals surface area contributed by atoms with Gasteiger partial charge in [0.15, 0.2) is 0 Å². The summed E-state index contributed by atoms with van der Waals surface area (Å²) in [6.45, 7) is 9.01. The fraction of sp³-hybridized carbons (Fsp3) is 0.387. The second kappa shape index (κ2) is 11.3. The Morgan fingerprint density at radius 1 is 0.947 bits per heavy atom. The molecule has 1 aliphatic rings. The molecule has 0 bridgehead atoms. The largest absolute Gasteiger partial charge is 0.444 e. The van der Waals surface area contributed by atoms with E-state index in [-0.39, 0.29) is 24.4 Å². The number of nitrogens with one attached hydrogen (secondary N) is 2. The Kier molecular flexibility index (Phi) is 8.05. The number of anilines is 1. The maximum atomic E-state index is 14.0. The van der Waals surface area contributed by atoms with Crippen LogP contribution in [0.3, 0.4) is 0 Å². The molecule has 3 aromatic rings. The first-order chi connectivity index (χ1) is 18.0. The molecule has 0 heterocycles. The SMILES string of the molecule is Cc1cc(C)cc(C(C(=O)Nc2ccc3ccccc3c2)N(C(=O)CNC(=O)OC(C)(C)C)C2CCC2)c1. The zero-order valence-corrected chi connectivity index (χ0v) is 22.8. The second-order valence-electron chi connectivity index (χ2n) is 11.1. The zero-order chi connectivity index (χ0) is 27.4. The summed E-state index contributed by atoms with van der Waals surface area (Å²) in [5.74, 6) is -0.610. The highest BCUT2D eigenvalue weighted by molar-refractivity contribution is 6.00. The highest BCUT2D eigenvalue weighted by Crippen LogP contribution is 2.34. The third-order valence-electron chi connectivity index (χ3n) is 6.64. The van der Waals surface area contributed by atoms with Gasteiger partial charge in [-0.15, -0.1) is 0 Å². The summed E-state index contributed by atoms with van der Waals surface area (Å²) in [5, 5.41) is 7.73. The van der Waals surface area contributed by atoms with Crippen molar-refractivity contribution in [3.05, 3.63) is 77.4 Å². The Balaban J connectivity index is 1.65. The first-order valence-electron chi connectivity index (χ1n) is 13.2. The van der Waals surface area contributed by atoms with Crippen molar-refractivity contribution in [2.45, 2.75) is 71.6 Å². The van der Waals surface area contributed by atoms with Crippen LogP contribution in [0.25, 0.3) is 10.8 Å². The van der Waals surface area contributed by atoms with Crippen molar-refractivity contribution in [2.24, 2.45) is 0 Å². The number of nitrogens with zero attached hydrogens (tertiary/aromatic N) is 1. The molecule has 200 valence electrons. The van der Waals surface area contributed by atoms with Crippen LogP contribution < -0.4 is 10.6 Å². The van der Waals surface area contributed by atoms with Crippen LogP contribution in [0.15, 0.2) is 60.7 Å². The molecule has 0 spiro atoms. The summed E-state index contributed by atoms with van der Waals surface area (Å²) < 4.78 is 5.31. The number of rotatable bonds is 7. The lowest BCUT2D eigenvalue weighted by molar-refractivity contribution is -0.143. The smallest absolute Gasteiger partial charge is 0.408 e. The fourth-order valence-corrected chi connectivity index (χ4v) is 4.86. The Labute approximate surface area is 224 Å². The van der Waals surface area contributed by atoms with Gasteiger partial charge in [-0.2, -0.15) is 0 Å². The van der Waals surface area contributed by atoms with E-state index in [1.54, 1.807) is 25.7 Å². The topological polar surface area (TPSA) is 87.7 Å². The molecular weight excluding hydrogens is 478 g/mol. The zero-order valence-electron chi connectivity index (χ0n) is 22.8. The lowest BCUT2D eigenvalue weighted by Gasteiger charge is -2.42. The van der Waals surface area contributed by atoms with Crippen LogP contribution >= 0.6 is 0 Å². The Hall–Kier alpha value is -3.87. The number of benzene rings is 3. The first-order valence-corrected chi connectivity index (χ1v) is 13.2. The molecule has 1 unspecified atom stereocenters. The minimum atomic E-state index is -0.849. The highest BCUT2D eigenvalue weighted by Gasteiger charge is 2.39. The van der Waals surface area contributed by atoms with Crippen molar-refractivity contribution < 1.29 is 19.1 Å². The van der Waals surface area contributed by atoms with Gasteiger partial charge in [-0.3, -0.25) is 9.59 Å². The predicted molar refractivity (Wildman–Crippen MR) is 150 cm³/mol. The minimum Gasteiger partial charge on any atom is -0.444 e. The maximum Gasteiger partial charge on any atom is 0.408 e. The summed E-state index contributed by atoms with van der Waals surface area (Å²) in [5.41, 5.74) is 2.75. The molecule has 1 fully saturated rings. The van der Waals surface area contributed by atoms with Gasteiger partial charge in [0.2, 0.25) is 5.91 Å². The van der Waals surface area contributed by atoms with Crippen molar-refractivity contribution in [3.63, 3.8) is 0 Å². The predicted octanol–water partition coefficient (Wildman–Crippen LogP) is 6.04. The summed E-state index contributed by atoms with van der Waals surface area (Å²) in [4.78, 5) is 41.5. The lowest BCUT2D eigenvalue weighted by atomic mass is 9.88. The van der Waals surface area contributed by atoms with E-state index in [2.05, 4.69) is 10.6 Å².